The fraction of sp³-hybridized carbons (Fsp3) is 0.500. The summed E-state index contributed by atoms with van der Waals surface area (Å²) in [5.41, 5.74) is 0.764. The van der Waals surface area contributed by atoms with Crippen molar-refractivity contribution < 1.29 is 18.8 Å². The molecule has 2 amide bonds. The Morgan fingerprint density at radius 3 is 2.85 bits per heavy atom. The summed E-state index contributed by atoms with van der Waals surface area (Å²) in [4.78, 5) is 32.2. The van der Waals surface area contributed by atoms with Crippen LogP contribution in [-0.4, -0.2) is 51.7 Å². The van der Waals surface area contributed by atoms with Gasteiger partial charge >= 0.3 is 0 Å². The van der Waals surface area contributed by atoms with Crippen molar-refractivity contribution in [2.24, 2.45) is 5.16 Å². The number of rotatable bonds is 3. The minimum Gasteiger partial charge on any atom is -0.382 e. The largest absolute Gasteiger partial charge is 0.382 e. The number of hydrogen-bond donors (Lipinski definition) is 1. The van der Waals surface area contributed by atoms with Gasteiger partial charge in [0.05, 0.1) is 11.6 Å². The van der Waals surface area contributed by atoms with Crippen molar-refractivity contribution in [2.75, 3.05) is 11.6 Å². The van der Waals surface area contributed by atoms with Crippen LogP contribution in [0.25, 0.3) is 0 Å². The van der Waals surface area contributed by atoms with Gasteiger partial charge in [-0.05, 0) is 32.9 Å². The van der Waals surface area contributed by atoms with Crippen LogP contribution in [0.1, 0.15) is 32.8 Å². The highest BCUT2D eigenvalue weighted by Crippen LogP contribution is 2.26. The number of hydrogen-bond acceptors (Lipinski definition) is 5. The lowest BCUT2D eigenvalue weighted by Crippen LogP contribution is -2.54. The summed E-state index contributed by atoms with van der Waals surface area (Å²) in [6.07, 6.45) is -0.520. The fourth-order valence-corrected chi connectivity index (χ4v) is 4.03. The van der Waals surface area contributed by atoms with Crippen molar-refractivity contribution in [3.05, 3.63) is 35.6 Å². The Kier molecular flexibility index (Phi) is 5.22. The van der Waals surface area contributed by atoms with Crippen LogP contribution in [0.5, 0.6) is 0 Å². The third kappa shape index (κ3) is 4.17. The zero-order chi connectivity index (χ0) is 18.9. The van der Waals surface area contributed by atoms with E-state index in [0.29, 0.717) is 22.9 Å². The van der Waals surface area contributed by atoms with E-state index in [2.05, 4.69) is 10.5 Å². The average Bonchev–Trinajstić information content (AvgIpc) is 3.22. The molecule has 2 heterocycles. The topological polar surface area (TPSA) is 71.0 Å². The van der Waals surface area contributed by atoms with E-state index in [1.54, 1.807) is 17.0 Å². The second-order valence-electron chi connectivity index (χ2n) is 7.41. The Balaban J connectivity index is 1.65. The van der Waals surface area contributed by atoms with Gasteiger partial charge in [-0.15, -0.1) is 11.8 Å². The molecule has 0 bridgehead atoms. The fourth-order valence-electron chi connectivity index (χ4n) is 2.86. The molecule has 1 saturated heterocycles. The number of carbonyl (C=O) groups is 2. The number of amides is 2. The van der Waals surface area contributed by atoms with Gasteiger partial charge in [-0.25, -0.2) is 4.39 Å². The summed E-state index contributed by atoms with van der Waals surface area (Å²) in [5, 5.41) is 6.87. The van der Waals surface area contributed by atoms with Crippen molar-refractivity contribution in [1.29, 1.82) is 0 Å². The Hall–Kier alpha value is -2.09. The molecule has 8 heteroatoms. The highest BCUT2D eigenvalue weighted by molar-refractivity contribution is 7.99. The lowest BCUT2D eigenvalue weighted by Gasteiger charge is -2.28. The first-order valence-electron chi connectivity index (χ1n) is 8.43. The monoisotopic (exact) mass is 379 g/mol. The second-order valence-corrected chi connectivity index (χ2v) is 8.41. The van der Waals surface area contributed by atoms with Crippen molar-refractivity contribution in [3.8, 4) is 0 Å². The minimum atomic E-state index is -0.781. The van der Waals surface area contributed by atoms with Gasteiger partial charge in [0.1, 0.15) is 11.9 Å². The van der Waals surface area contributed by atoms with Gasteiger partial charge in [-0.1, -0.05) is 17.3 Å². The van der Waals surface area contributed by atoms with Crippen LogP contribution in [0, 0.1) is 5.82 Å². The van der Waals surface area contributed by atoms with Crippen molar-refractivity contribution in [1.82, 2.24) is 10.2 Å². The number of nitrogens with zero attached hydrogens (tertiary/aromatic N) is 2. The van der Waals surface area contributed by atoms with E-state index in [4.69, 9.17) is 4.84 Å². The van der Waals surface area contributed by atoms with E-state index in [0.717, 1.165) is 0 Å². The molecule has 6 nitrogen and oxygen atoms in total. The molecular weight excluding hydrogens is 357 g/mol. The molecule has 2 aliphatic rings. The van der Waals surface area contributed by atoms with Crippen LogP contribution in [-0.2, 0) is 14.4 Å². The van der Waals surface area contributed by atoms with Gasteiger partial charge < -0.3 is 15.1 Å². The number of thioether (sulfide) groups is 1. The van der Waals surface area contributed by atoms with E-state index < -0.39 is 12.1 Å². The molecular formula is C18H22FN3O3S. The molecule has 0 spiro atoms. The van der Waals surface area contributed by atoms with Gasteiger partial charge in [0.2, 0.25) is 12.0 Å². The van der Waals surface area contributed by atoms with Gasteiger partial charge in [-0.3, -0.25) is 9.59 Å². The van der Waals surface area contributed by atoms with E-state index in [-0.39, 0.29) is 29.6 Å². The summed E-state index contributed by atoms with van der Waals surface area (Å²) in [5.74, 6) is 0.197. The molecule has 0 radical (unpaired) electrons. The minimum absolute atomic E-state index is 0.167. The van der Waals surface area contributed by atoms with Crippen LogP contribution in [0.4, 0.5) is 4.39 Å². The zero-order valence-corrected chi connectivity index (χ0v) is 15.8. The summed E-state index contributed by atoms with van der Waals surface area (Å²) in [6.45, 7) is 5.70. The highest BCUT2D eigenvalue weighted by Gasteiger charge is 2.41. The number of oxime groups is 1. The molecule has 2 atom stereocenters. The molecule has 26 heavy (non-hydrogen) atoms. The normalized spacial score (nSPS) is 22.8. The van der Waals surface area contributed by atoms with E-state index in [1.807, 2.05) is 20.8 Å². The first-order chi connectivity index (χ1) is 12.2. The molecule has 3 rings (SSSR count). The summed E-state index contributed by atoms with van der Waals surface area (Å²) >= 11 is 1.53. The van der Waals surface area contributed by atoms with Gasteiger partial charge in [0.15, 0.2) is 0 Å². The van der Waals surface area contributed by atoms with Gasteiger partial charge in [0, 0.05) is 23.3 Å². The highest BCUT2D eigenvalue weighted by atomic mass is 32.2. The Morgan fingerprint density at radius 2 is 2.15 bits per heavy atom. The van der Waals surface area contributed by atoms with Crippen LogP contribution >= 0.6 is 11.8 Å². The van der Waals surface area contributed by atoms with Crippen molar-refractivity contribution >= 4 is 29.3 Å². The van der Waals surface area contributed by atoms with Crippen molar-refractivity contribution in [3.63, 3.8) is 0 Å². The molecule has 0 saturated carbocycles. The number of halogens is 1. The van der Waals surface area contributed by atoms with Crippen molar-refractivity contribution in [2.45, 2.75) is 44.9 Å². The Morgan fingerprint density at radius 1 is 1.38 bits per heavy atom. The Bertz CT molecular complexity index is 747. The van der Waals surface area contributed by atoms with E-state index >= 15 is 0 Å². The first kappa shape index (κ1) is 18.7. The SMILES string of the molecule is CC(C)(C)NC(=O)C1CSCN1C(=O)C1CC(c2cccc(F)c2)=NO1. The molecule has 1 aromatic carbocycles. The van der Waals surface area contributed by atoms with Crippen LogP contribution in [0.15, 0.2) is 29.4 Å². The smallest absolute Gasteiger partial charge is 0.268 e. The van der Waals surface area contributed by atoms with E-state index in [9.17, 15) is 14.0 Å². The summed E-state index contributed by atoms with van der Waals surface area (Å²) in [6, 6.07) is 5.51. The number of nitrogens with one attached hydrogen (secondary N) is 1. The maximum atomic E-state index is 13.4. The Labute approximate surface area is 156 Å². The molecule has 2 aliphatic heterocycles. The molecule has 0 aromatic heterocycles. The lowest BCUT2D eigenvalue weighted by atomic mass is 10.0. The molecule has 1 aromatic rings. The average molecular weight is 379 g/mol. The quantitative estimate of drug-likeness (QED) is 0.873. The second kappa shape index (κ2) is 7.26. The zero-order valence-electron chi connectivity index (χ0n) is 15.0. The molecule has 0 aliphatic carbocycles. The first-order valence-corrected chi connectivity index (χ1v) is 9.59. The lowest BCUT2D eigenvalue weighted by molar-refractivity contribution is -0.146. The third-order valence-electron chi connectivity index (χ3n) is 4.07. The summed E-state index contributed by atoms with van der Waals surface area (Å²) < 4.78 is 13.4. The summed E-state index contributed by atoms with van der Waals surface area (Å²) in [7, 11) is 0. The molecule has 1 fully saturated rings. The predicted molar refractivity (Wildman–Crippen MR) is 98.3 cm³/mol. The third-order valence-corrected chi connectivity index (χ3v) is 5.08. The van der Waals surface area contributed by atoms with Crippen LogP contribution < -0.4 is 5.32 Å². The number of benzene rings is 1. The number of carbonyl (C=O) groups excluding carboxylic acids is 2. The maximum Gasteiger partial charge on any atom is 0.268 e. The van der Waals surface area contributed by atoms with E-state index in [1.165, 1.54) is 23.9 Å². The van der Waals surface area contributed by atoms with Gasteiger partial charge in [0.25, 0.3) is 5.91 Å². The molecule has 1 N–H and O–H groups in total. The molecule has 140 valence electrons. The van der Waals surface area contributed by atoms with Crippen LogP contribution in [0.2, 0.25) is 0 Å². The standard InChI is InChI=1S/C18H22FN3O3S/c1-18(2,3)20-16(23)14-9-26-10-22(14)17(24)15-8-13(21-25-15)11-5-4-6-12(19)7-11/h4-7,14-15H,8-10H2,1-3H3,(H,20,23). The van der Waals surface area contributed by atoms with Crippen LogP contribution in [0.3, 0.4) is 0 Å². The maximum absolute atomic E-state index is 13.4. The molecule has 2 unspecified atom stereocenters. The van der Waals surface area contributed by atoms with Gasteiger partial charge in [-0.2, -0.15) is 0 Å². The predicted octanol–water partition coefficient (Wildman–Crippen LogP) is 2.13.